The summed E-state index contributed by atoms with van der Waals surface area (Å²) in [5, 5.41) is 2.47. The number of nitrogens with zero attached hydrogens (tertiary/aromatic N) is 2. The maximum atomic E-state index is 8.51. The monoisotopic (exact) mass is 450 g/mol. The van der Waals surface area contributed by atoms with Crippen molar-refractivity contribution in [1.29, 1.82) is 0 Å². The third-order valence-corrected chi connectivity index (χ3v) is 5.93. The Morgan fingerprint density at radius 3 is 2.35 bits per heavy atom. The number of fused-ring (bicyclic) bond motifs is 2. The van der Waals surface area contributed by atoms with E-state index in [0.717, 1.165) is 22.4 Å². The van der Waals surface area contributed by atoms with Gasteiger partial charge < -0.3 is 4.42 Å². The van der Waals surface area contributed by atoms with Gasteiger partial charge in [-0.15, -0.1) is 0 Å². The Morgan fingerprint density at radius 1 is 0.824 bits per heavy atom. The molecule has 0 unspecified atom stereocenters. The molecule has 0 radical (unpaired) electrons. The zero-order valence-corrected chi connectivity index (χ0v) is 20.7. The van der Waals surface area contributed by atoms with Gasteiger partial charge in [0.1, 0.15) is 5.52 Å². The van der Waals surface area contributed by atoms with Crippen LogP contribution in [0.1, 0.15) is 55.7 Å². The summed E-state index contributed by atoms with van der Waals surface area (Å²) in [6, 6.07) is 22.9. The first kappa shape index (κ1) is 20.0. The highest BCUT2D eigenvalue weighted by atomic mass is 16.3. The summed E-state index contributed by atoms with van der Waals surface area (Å²) < 4.78 is 23.0. The fraction of sp³-hybridized carbons (Fsp3) is 0.290. The number of aromatic nitrogens is 2. The van der Waals surface area contributed by atoms with Gasteiger partial charge in [0.15, 0.2) is 11.5 Å². The van der Waals surface area contributed by atoms with E-state index < -0.39 is 11.8 Å². The fourth-order valence-corrected chi connectivity index (χ4v) is 4.33. The van der Waals surface area contributed by atoms with E-state index in [2.05, 4.69) is 68.2 Å². The van der Waals surface area contributed by atoms with Crippen LogP contribution in [0, 0.1) is 5.41 Å². The van der Waals surface area contributed by atoms with Crippen molar-refractivity contribution in [2.45, 2.75) is 53.3 Å². The minimum atomic E-state index is -1.68. The molecule has 5 aromatic rings. The summed E-state index contributed by atoms with van der Waals surface area (Å²) >= 11 is 0. The molecule has 2 heterocycles. The molecule has 0 aliphatic carbocycles. The van der Waals surface area contributed by atoms with Crippen molar-refractivity contribution in [1.82, 2.24) is 9.97 Å². The quantitative estimate of drug-likeness (QED) is 0.276. The molecule has 0 fully saturated rings. The average Bonchev–Trinajstić information content (AvgIpc) is 3.26. The fourth-order valence-electron chi connectivity index (χ4n) is 4.33. The average molecular weight is 451 g/mol. The van der Waals surface area contributed by atoms with Crippen molar-refractivity contribution in [3.05, 3.63) is 84.4 Å². The van der Waals surface area contributed by atoms with E-state index in [1.165, 1.54) is 16.3 Å². The highest BCUT2D eigenvalue weighted by Gasteiger charge is 2.19. The minimum absolute atomic E-state index is 0.000227. The number of oxazole rings is 1. The van der Waals surface area contributed by atoms with Crippen LogP contribution in [0.2, 0.25) is 0 Å². The number of pyridine rings is 1. The van der Waals surface area contributed by atoms with E-state index in [4.69, 9.17) is 12.1 Å². The zero-order valence-electron chi connectivity index (χ0n) is 22.7. The van der Waals surface area contributed by atoms with Gasteiger partial charge in [-0.05, 0) is 74.7 Å². The first-order chi connectivity index (χ1) is 16.8. The van der Waals surface area contributed by atoms with Gasteiger partial charge in [-0.1, -0.05) is 71.9 Å². The normalized spacial score (nSPS) is 13.8. The molecule has 3 heteroatoms. The molecular weight excluding hydrogens is 416 g/mol. The van der Waals surface area contributed by atoms with E-state index in [0.29, 0.717) is 11.1 Å². The molecular formula is C31H32N2O. The maximum absolute atomic E-state index is 8.51. The highest BCUT2D eigenvalue weighted by molar-refractivity contribution is 5.91. The molecule has 0 amide bonds. The van der Waals surface area contributed by atoms with Crippen LogP contribution in [0.4, 0.5) is 0 Å². The Kier molecular flexibility index (Phi) is 4.75. The van der Waals surface area contributed by atoms with Crippen LogP contribution < -0.4 is 0 Å². The van der Waals surface area contributed by atoms with Gasteiger partial charge in [0, 0.05) is 20.9 Å². The topological polar surface area (TPSA) is 38.9 Å². The summed E-state index contributed by atoms with van der Waals surface area (Å²) in [6.07, 6.45) is 0.154. The number of hydrogen-bond acceptors (Lipinski definition) is 3. The first-order valence-corrected chi connectivity index (χ1v) is 11.8. The van der Waals surface area contributed by atoms with Gasteiger partial charge in [-0.2, -0.15) is 0 Å². The number of hydrogen-bond donors (Lipinski definition) is 0. The summed E-state index contributed by atoms with van der Waals surface area (Å²) in [7, 11) is 0. The van der Waals surface area contributed by atoms with Crippen LogP contribution in [0.5, 0.6) is 0 Å². The first-order valence-electron chi connectivity index (χ1n) is 12.8. The van der Waals surface area contributed by atoms with Crippen LogP contribution in [-0.4, -0.2) is 9.97 Å². The van der Waals surface area contributed by atoms with Gasteiger partial charge >= 0.3 is 0 Å². The van der Waals surface area contributed by atoms with Crippen molar-refractivity contribution in [2.75, 3.05) is 0 Å². The Morgan fingerprint density at radius 2 is 1.59 bits per heavy atom. The molecule has 0 aliphatic heterocycles. The molecule has 0 bridgehead atoms. The van der Waals surface area contributed by atoms with E-state index in [-0.39, 0.29) is 11.3 Å². The third-order valence-electron chi connectivity index (χ3n) is 5.93. The molecule has 0 spiro atoms. The second-order valence-electron chi connectivity index (χ2n) is 11.0. The Balaban J connectivity index is 1.58. The molecule has 3 aromatic carbocycles. The Hall–Kier alpha value is -3.46. The van der Waals surface area contributed by atoms with Gasteiger partial charge in [0.05, 0.1) is 5.69 Å². The molecule has 0 aliphatic rings. The zero-order chi connectivity index (χ0) is 25.9. The lowest BCUT2D eigenvalue weighted by Gasteiger charge is -2.22. The molecule has 3 nitrogen and oxygen atoms in total. The van der Waals surface area contributed by atoms with Crippen LogP contribution in [0.15, 0.2) is 77.3 Å². The van der Waals surface area contributed by atoms with Gasteiger partial charge in [0.2, 0.25) is 0 Å². The van der Waals surface area contributed by atoms with Crippen molar-refractivity contribution >= 4 is 21.9 Å². The number of rotatable bonds is 3. The molecule has 5 rings (SSSR count). The van der Waals surface area contributed by atoms with E-state index in [1.807, 2.05) is 51.2 Å². The summed E-state index contributed by atoms with van der Waals surface area (Å²) in [4.78, 5) is 9.16. The van der Waals surface area contributed by atoms with Crippen LogP contribution in [0.25, 0.3) is 44.3 Å². The van der Waals surface area contributed by atoms with Crippen LogP contribution >= 0.6 is 0 Å². The van der Waals surface area contributed by atoms with E-state index >= 15 is 0 Å². The molecule has 0 atom stereocenters. The Labute approximate surface area is 204 Å². The smallest absolute Gasteiger partial charge is 0.195 e. The summed E-state index contributed by atoms with van der Waals surface area (Å²) in [5.74, 6) is 0.114. The third kappa shape index (κ3) is 4.48. The minimum Gasteiger partial charge on any atom is -0.441 e. The standard InChI is InChI=1S/C31H32N2O/c1-30(2,3)19-29-33-26-12-11-20(18-28(26)34-29)21-13-14-32-27(17-21)23-15-22-9-7-8-10-24(22)25(16-23)31(4,5)6/h7-18H,19H2,1-6H3/i19D2. The maximum Gasteiger partial charge on any atom is 0.195 e. The van der Waals surface area contributed by atoms with E-state index in [9.17, 15) is 0 Å². The molecule has 0 saturated carbocycles. The second kappa shape index (κ2) is 8.09. The molecule has 2 aromatic heterocycles. The molecule has 0 N–H and O–H groups in total. The van der Waals surface area contributed by atoms with Crippen LogP contribution in [-0.2, 0) is 11.8 Å². The lowest BCUT2D eigenvalue weighted by Crippen LogP contribution is -2.12. The number of benzene rings is 3. The SMILES string of the molecule is [2H]C([2H])(c1nc2ccc(-c3ccnc(-c4cc(C(C)(C)C)c5ccccc5c4)c3)cc2o1)C(C)(C)C. The molecule has 34 heavy (non-hydrogen) atoms. The summed E-state index contributed by atoms with van der Waals surface area (Å²) in [6.45, 7) is 12.3. The highest BCUT2D eigenvalue weighted by Crippen LogP contribution is 2.35. The predicted molar refractivity (Wildman–Crippen MR) is 142 cm³/mol. The lowest BCUT2D eigenvalue weighted by molar-refractivity contribution is 0.362. The Bertz CT molecular complexity index is 1590. The van der Waals surface area contributed by atoms with Gasteiger partial charge in [0.25, 0.3) is 0 Å². The van der Waals surface area contributed by atoms with Crippen LogP contribution in [0.3, 0.4) is 0 Å². The van der Waals surface area contributed by atoms with Gasteiger partial charge in [-0.25, -0.2) is 4.98 Å². The van der Waals surface area contributed by atoms with Crippen molar-refractivity contribution in [3.8, 4) is 22.4 Å². The van der Waals surface area contributed by atoms with Crippen molar-refractivity contribution in [2.24, 2.45) is 5.41 Å². The van der Waals surface area contributed by atoms with Gasteiger partial charge in [-0.3, -0.25) is 4.98 Å². The predicted octanol–water partition coefficient (Wildman–Crippen LogP) is 8.60. The molecule has 0 saturated heterocycles. The largest absolute Gasteiger partial charge is 0.441 e. The summed E-state index contributed by atoms with van der Waals surface area (Å²) in [5.41, 5.74) is 5.88. The van der Waals surface area contributed by atoms with E-state index in [1.54, 1.807) is 0 Å². The lowest BCUT2D eigenvalue weighted by atomic mass is 9.82. The van der Waals surface area contributed by atoms with Crippen molar-refractivity contribution < 1.29 is 7.16 Å². The molecule has 172 valence electrons. The van der Waals surface area contributed by atoms with Crippen molar-refractivity contribution in [3.63, 3.8) is 0 Å². The second-order valence-corrected chi connectivity index (χ2v) is 11.0.